The Morgan fingerprint density at radius 3 is 3.05 bits per heavy atom. The van der Waals surface area contributed by atoms with Crippen molar-refractivity contribution in [1.82, 2.24) is 15.3 Å². The Bertz CT molecular complexity index is 416. The molecule has 2 N–H and O–H groups in total. The molecule has 0 radical (unpaired) electrons. The molecule has 0 spiro atoms. The van der Waals surface area contributed by atoms with Crippen molar-refractivity contribution in [3.05, 3.63) is 12.4 Å². The molecular weight excluding hydrogens is 254 g/mol. The van der Waals surface area contributed by atoms with Crippen molar-refractivity contribution in [3.63, 3.8) is 0 Å². The molecule has 1 unspecified atom stereocenters. The number of hydrogen-bond donors (Lipinski definition) is 2. The molecule has 3 rings (SSSR count). The normalized spacial score (nSPS) is 23.6. The van der Waals surface area contributed by atoms with Gasteiger partial charge in [-0.3, -0.25) is 0 Å². The molecular formula is C14H23N5O. The van der Waals surface area contributed by atoms with Crippen molar-refractivity contribution in [2.75, 3.05) is 56.2 Å². The molecule has 1 atom stereocenters. The number of aromatic nitrogens is 2. The summed E-state index contributed by atoms with van der Waals surface area (Å²) in [5.74, 6) is 2.62. The summed E-state index contributed by atoms with van der Waals surface area (Å²) in [5.41, 5.74) is 0. The topological polar surface area (TPSA) is 62.3 Å². The number of nitrogens with one attached hydrogen (secondary N) is 2. The van der Waals surface area contributed by atoms with Crippen molar-refractivity contribution in [3.8, 4) is 0 Å². The molecule has 110 valence electrons. The second-order valence-corrected chi connectivity index (χ2v) is 5.45. The fraction of sp³-hybridized carbons (Fsp3) is 0.714. The van der Waals surface area contributed by atoms with Crippen LogP contribution < -0.4 is 15.5 Å². The van der Waals surface area contributed by atoms with E-state index in [1.807, 2.05) is 6.07 Å². The molecule has 20 heavy (non-hydrogen) atoms. The van der Waals surface area contributed by atoms with Crippen molar-refractivity contribution in [1.29, 1.82) is 0 Å². The zero-order chi connectivity index (χ0) is 13.6. The fourth-order valence-corrected chi connectivity index (χ4v) is 2.76. The summed E-state index contributed by atoms with van der Waals surface area (Å²) >= 11 is 0. The zero-order valence-corrected chi connectivity index (χ0v) is 11.8. The highest BCUT2D eigenvalue weighted by molar-refractivity contribution is 5.48. The quantitative estimate of drug-likeness (QED) is 0.846. The van der Waals surface area contributed by atoms with Gasteiger partial charge in [0.2, 0.25) is 0 Å². The van der Waals surface area contributed by atoms with E-state index in [1.165, 1.54) is 12.8 Å². The molecule has 0 amide bonds. The molecule has 1 aromatic rings. The smallest absolute Gasteiger partial charge is 0.134 e. The van der Waals surface area contributed by atoms with Crippen LogP contribution in [-0.4, -0.2) is 55.9 Å². The van der Waals surface area contributed by atoms with Gasteiger partial charge in [0.15, 0.2) is 0 Å². The van der Waals surface area contributed by atoms with Crippen molar-refractivity contribution < 1.29 is 4.74 Å². The Hall–Kier alpha value is -1.40. The van der Waals surface area contributed by atoms with Crippen LogP contribution in [0.5, 0.6) is 0 Å². The molecule has 0 aromatic carbocycles. The van der Waals surface area contributed by atoms with Gasteiger partial charge in [0, 0.05) is 25.7 Å². The minimum absolute atomic E-state index is 0.700. The van der Waals surface area contributed by atoms with E-state index in [9.17, 15) is 0 Å². The molecule has 2 saturated heterocycles. The van der Waals surface area contributed by atoms with Gasteiger partial charge >= 0.3 is 0 Å². The molecule has 3 heterocycles. The average Bonchev–Trinajstić information content (AvgIpc) is 2.55. The number of morpholine rings is 1. The van der Waals surface area contributed by atoms with E-state index in [2.05, 4.69) is 25.5 Å². The maximum atomic E-state index is 5.37. The monoisotopic (exact) mass is 277 g/mol. The highest BCUT2D eigenvalue weighted by Gasteiger charge is 2.15. The zero-order valence-electron chi connectivity index (χ0n) is 11.8. The summed E-state index contributed by atoms with van der Waals surface area (Å²) in [6.07, 6.45) is 4.21. The standard InChI is InChI=1S/C14H23N5O/c1-2-12(9-15-3-1)10-16-13-8-14(18-11-17-13)19-4-6-20-7-5-19/h8,11-12,15H,1-7,9-10H2,(H,16,17,18). The Labute approximate surface area is 119 Å². The summed E-state index contributed by atoms with van der Waals surface area (Å²) < 4.78 is 5.37. The molecule has 6 nitrogen and oxygen atoms in total. The second-order valence-electron chi connectivity index (χ2n) is 5.45. The van der Waals surface area contributed by atoms with Crippen LogP contribution in [-0.2, 0) is 4.74 Å². The van der Waals surface area contributed by atoms with Gasteiger partial charge in [-0.25, -0.2) is 9.97 Å². The minimum atomic E-state index is 0.700. The summed E-state index contributed by atoms with van der Waals surface area (Å²) in [4.78, 5) is 10.9. The molecule has 2 aliphatic heterocycles. The molecule has 0 aliphatic carbocycles. The Morgan fingerprint density at radius 1 is 1.35 bits per heavy atom. The third-order valence-corrected chi connectivity index (χ3v) is 3.96. The largest absolute Gasteiger partial charge is 0.378 e. The molecule has 1 aromatic heterocycles. The van der Waals surface area contributed by atoms with Gasteiger partial charge in [0.05, 0.1) is 13.2 Å². The minimum Gasteiger partial charge on any atom is -0.378 e. The van der Waals surface area contributed by atoms with E-state index in [1.54, 1.807) is 6.33 Å². The van der Waals surface area contributed by atoms with Crippen molar-refractivity contribution in [2.45, 2.75) is 12.8 Å². The van der Waals surface area contributed by atoms with Gasteiger partial charge in [0.25, 0.3) is 0 Å². The Kier molecular flexibility index (Phi) is 4.65. The SMILES string of the molecule is c1nc(NCC2CCCNC2)cc(N2CCOCC2)n1. The number of hydrogen-bond acceptors (Lipinski definition) is 6. The summed E-state index contributed by atoms with van der Waals surface area (Å²) in [5, 5.41) is 6.88. The van der Waals surface area contributed by atoms with Gasteiger partial charge < -0.3 is 20.3 Å². The van der Waals surface area contributed by atoms with E-state index in [0.717, 1.165) is 57.6 Å². The predicted octanol–water partition coefficient (Wildman–Crippen LogP) is 0.725. The second kappa shape index (κ2) is 6.85. The van der Waals surface area contributed by atoms with Crippen LogP contribution in [0.15, 0.2) is 12.4 Å². The van der Waals surface area contributed by atoms with E-state index in [4.69, 9.17) is 4.74 Å². The van der Waals surface area contributed by atoms with Gasteiger partial charge in [-0.15, -0.1) is 0 Å². The van der Waals surface area contributed by atoms with E-state index >= 15 is 0 Å². The van der Waals surface area contributed by atoms with Crippen LogP contribution in [0.3, 0.4) is 0 Å². The third-order valence-electron chi connectivity index (χ3n) is 3.96. The number of piperidine rings is 1. The lowest BCUT2D eigenvalue weighted by atomic mass is 10.00. The van der Waals surface area contributed by atoms with Gasteiger partial charge in [-0.1, -0.05) is 0 Å². The first-order chi connectivity index (χ1) is 9.92. The first-order valence-corrected chi connectivity index (χ1v) is 7.51. The van der Waals surface area contributed by atoms with Crippen LogP contribution in [0.4, 0.5) is 11.6 Å². The van der Waals surface area contributed by atoms with Crippen LogP contribution in [0, 0.1) is 5.92 Å². The lowest BCUT2D eigenvalue weighted by Gasteiger charge is -2.28. The van der Waals surface area contributed by atoms with Gasteiger partial charge in [-0.2, -0.15) is 0 Å². The molecule has 0 bridgehead atoms. The molecule has 2 aliphatic rings. The van der Waals surface area contributed by atoms with Gasteiger partial charge in [0.1, 0.15) is 18.0 Å². The number of ether oxygens (including phenoxy) is 1. The van der Waals surface area contributed by atoms with Crippen molar-refractivity contribution in [2.24, 2.45) is 5.92 Å². The lowest BCUT2D eigenvalue weighted by Crippen LogP contribution is -2.37. The lowest BCUT2D eigenvalue weighted by molar-refractivity contribution is 0.122. The van der Waals surface area contributed by atoms with E-state index in [0.29, 0.717) is 5.92 Å². The number of anilines is 2. The average molecular weight is 277 g/mol. The molecule has 2 fully saturated rings. The van der Waals surface area contributed by atoms with E-state index < -0.39 is 0 Å². The van der Waals surface area contributed by atoms with E-state index in [-0.39, 0.29) is 0 Å². The van der Waals surface area contributed by atoms with Crippen molar-refractivity contribution >= 4 is 11.6 Å². The number of nitrogens with zero attached hydrogens (tertiary/aromatic N) is 3. The maximum absolute atomic E-state index is 5.37. The molecule has 6 heteroatoms. The summed E-state index contributed by atoms with van der Waals surface area (Å²) in [7, 11) is 0. The Morgan fingerprint density at radius 2 is 2.25 bits per heavy atom. The molecule has 0 saturated carbocycles. The first kappa shape index (κ1) is 13.6. The third kappa shape index (κ3) is 3.58. The van der Waals surface area contributed by atoms with Crippen LogP contribution in [0.25, 0.3) is 0 Å². The van der Waals surface area contributed by atoms with Crippen LogP contribution >= 0.6 is 0 Å². The van der Waals surface area contributed by atoms with Crippen LogP contribution in [0.2, 0.25) is 0 Å². The highest BCUT2D eigenvalue weighted by atomic mass is 16.5. The van der Waals surface area contributed by atoms with Crippen LogP contribution in [0.1, 0.15) is 12.8 Å². The summed E-state index contributed by atoms with van der Waals surface area (Å²) in [6.45, 7) is 6.61. The van der Waals surface area contributed by atoms with Gasteiger partial charge in [-0.05, 0) is 31.8 Å². The maximum Gasteiger partial charge on any atom is 0.134 e. The first-order valence-electron chi connectivity index (χ1n) is 7.51. The fourth-order valence-electron chi connectivity index (χ4n) is 2.76. The number of rotatable bonds is 4. The Balaban J connectivity index is 1.56. The highest BCUT2D eigenvalue weighted by Crippen LogP contribution is 2.16. The summed E-state index contributed by atoms with van der Waals surface area (Å²) in [6, 6.07) is 2.04. The predicted molar refractivity (Wildman–Crippen MR) is 79.1 cm³/mol.